The lowest BCUT2D eigenvalue weighted by molar-refractivity contribution is -0.00450. The number of allylic oxidation sites excluding steroid dienone is 1. The summed E-state index contributed by atoms with van der Waals surface area (Å²) in [7, 11) is 0. The maximum Gasteiger partial charge on any atom is 0.296 e. The molecule has 1 aromatic carbocycles. The summed E-state index contributed by atoms with van der Waals surface area (Å²) in [6.45, 7) is 3.28. The Morgan fingerprint density at radius 2 is 2.05 bits per heavy atom. The number of nitrogens with two attached hydrogens (primary N) is 1. The zero-order chi connectivity index (χ0) is 14.0. The number of hydrogen-bond acceptors (Lipinski definition) is 4. The molecule has 1 heterocycles. The van der Waals surface area contributed by atoms with Crippen molar-refractivity contribution in [2.24, 2.45) is 0 Å². The van der Waals surface area contributed by atoms with Gasteiger partial charge in [0, 0.05) is 12.0 Å². The predicted octanol–water partition coefficient (Wildman–Crippen LogP) is 2.69. The van der Waals surface area contributed by atoms with E-state index in [-0.39, 0.29) is 11.3 Å². The molecule has 2 N–H and O–H groups in total. The van der Waals surface area contributed by atoms with Gasteiger partial charge in [-0.25, -0.2) is 9.97 Å². The third-order valence-electron chi connectivity index (χ3n) is 2.60. The lowest BCUT2D eigenvalue weighted by Crippen LogP contribution is -2.18. The molecule has 6 heteroatoms. The number of benzene rings is 1. The topological polar surface area (TPSA) is 68.9 Å². The highest BCUT2D eigenvalue weighted by Crippen LogP contribution is 2.34. The van der Waals surface area contributed by atoms with Gasteiger partial charge in [-0.05, 0) is 18.2 Å². The molecule has 0 aliphatic heterocycles. The van der Waals surface area contributed by atoms with Crippen LogP contribution in [0.15, 0.2) is 30.9 Å². The van der Waals surface area contributed by atoms with E-state index >= 15 is 0 Å². The standard InChI is InChI=1S/C13H11F2N3O/c1-2-5-13(14,15)11-12(16)18-10-6-8(7-19)3-4-9(10)17-11/h2-4,6-7H,1,5H2,(H2,16,18). The van der Waals surface area contributed by atoms with Crippen LogP contribution >= 0.6 is 0 Å². The van der Waals surface area contributed by atoms with E-state index in [2.05, 4.69) is 16.5 Å². The van der Waals surface area contributed by atoms with Gasteiger partial charge in [0.25, 0.3) is 5.92 Å². The quantitative estimate of drug-likeness (QED) is 0.680. The van der Waals surface area contributed by atoms with Crippen molar-refractivity contribution >= 4 is 23.1 Å². The van der Waals surface area contributed by atoms with Crippen molar-refractivity contribution in [3.8, 4) is 0 Å². The second-order valence-electron chi connectivity index (χ2n) is 4.02. The lowest BCUT2D eigenvalue weighted by atomic mass is 10.1. The highest BCUT2D eigenvalue weighted by atomic mass is 19.3. The Kier molecular flexibility index (Phi) is 3.25. The number of rotatable bonds is 4. The molecule has 0 spiro atoms. The molecular formula is C13H11F2N3O. The van der Waals surface area contributed by atoms with Gasteiger partial charge in [-0.2, -0.15) is 8.78 Å². The number of hydrogen-bond donors (Lipinski definition) is 1. The first-order chi connectivity index (χ1) is 8.97. The Bertz CT molecular complexity index is 656. The molecule has 19 heavy (non-hydrogen) atoms. The van der Waals surface area contributed by atoms with Crippen LogP contribution in [0.5, 0.6) is 0 Å². The number of aldehydes is 1. The van der Waals surface area contributed by atoms with Gasteiger partial charge in [0.15, 0.2) is 11.5 Å². The fourth-order valence-corrected chi connectivity index (χ4v) is 1.71. The van der Waals surface area contributed by atoms with Gasteiger partial charge >= 0.3 is 0 Å². The fourth-order valence-electron chi connectivity index (χ4n) is 1.71. The van der Waals surface area contributed by atoms with Crippen LogP contribution in [-0.2, 0) is 5.92 Å². The largest absolute Gasteiger partial charge is 0.382 e. The fraction of sp³-hybridized carbons (Fsp3) is 0.154. The van der Waals surface area contributed by atoms with Crippen LogP contribution in [-0.4, -0.2) is 16.3 Å². The lowest BCUT2D eigenvalue weighted by Gasteiger charge is -2.15. The van der Waals surface area contributed by atoms with Gasteiger partial charge in [-0.15, -0.1) is 6.58 Å². The number of carbonyl (C=O) groups is 1. The van der Waals surface area contributed by atoms with Crippen LogP contribution in [0, 0.1) is 0 Å². The molecule has 1 aromatic heterocycles. The molecule has 0 bridgehead atoms. The van der Waals surface area contributed by atoms with E-state index in [1.807, 2.05) is 0 Å². The number of nitrogens with zero attached hydrogens (tertiary/aromatic N) is 2. The summed E-state index contributed by atoms with van der Waals surface area (Å²) in [5.74, 6) is -3.56. The number of nitrogen functional groups attached to an aromatic ring is 1. The van der Waals surface area contributed by atoms with Gasteiger partial charge in [0.1, 0.15) is 6.29 Å². The third-order valence-corrected chi connectivity index (χ3v) is 2.60. The predicted molar refractivity (Wildman–Crippen MR) is 68.0 cm³/mol. The monoisotopic (exact) mass is 263 g/mol. The van der Waals surface area contributed by atoms with Crippen molar-refractivity contribution in [3.05, 3.63) is 42.1 Å². The van der Waals surface area contributed by atoms with Crippen molar-refractivity contribution in [2.75, 3.05) is 5.73 Å². The zero-order valence-corrected chi connectivity index (χ0v) is 9.94. The summed E-state index contributed by atoms with van der Waals surface area (Å²) in [6, 6.07) is 4.38. The minimum absolute atomic E-state index is 0.263. The first-order valence-corrected chi connectivity index (χ1v) is 5.49. The van der Waals surface area contributed by atoms with Gasteiger partial charge in [-0.3, -0.25) is 4.79 Å². The molecule has 2 rings (SSSR count). The third kappa shape index (κ3) is 2.42. The van der Waals surface area contributed by atoms with Crippen LogP contribution < -0.4 is 5.73 Å². The molecule has 4 nitrogen and oxygen atoms in total. The summed E-state index contributed by atoms with van der Waals surface area (Å²) in [6.07, 6.45) is 1.17. The molecule has 0 atom stereocenters. The Morgan fingerprint density at radius 1 is 1.32 bits per heavy atom. The van der Waals surface area contributed by atoms with E-state index in [1.54, 1.807) is 0 Å². The van der Waals surface area contributed by atoms with E-state index in [0.29, 0.717) is 17.4 Å². The Morgan fingerprint density at radius 3 is 2.68 bits per heavy atom. The van der Waals surface area contributed by atoms with E-state index in [1.165, 1.54) is 18.2 Å². The van der Waals surface area contributed by atoms with Gasteiger partial charge < -0.3 is 5.73 Å². The first kappa shape index (κ1) is 13.1. The van der Waals surface area contributed by atoms with Crippen molar-refractivity contribution in [2.45, 2.75) is 12.3 Å². The number of carbonyl (C=O) groups excluding carboxylic acids is 1. The van der Waals surface area contributed by atoms with Crippen LogP contribution in [0.25, 0.3) is 11.0 Å². The summed E-state index contributed by atoms with van der Waals surface area (Å²) in [5, 5.41) is 0. The summed E-state index contributed by atoms with van der Waals surface area (Å²) in [4.78, 5) is 18.4. The highest BCUT2D eigenvalue weighted by molar-refractivity contribution is 5.85. The highest BCUT2D eigenvalue weighted by Gasteiger charge is 2.35. The molecule has 2 aromatic rings. The Hall–Kier alpha value is -2.37. The minimum Gasteiger partial charge on any atom is -0.382 e. The van der Waals surface area contributed by atoms with Crippen molar-refractivity contribution in [3.63, 3.8) is 0 Å². The van der Waals surface area contributed by atoms with Gasteiger partial charge in [0.05, 0.1) is 11.0 Å². The van der Waals surface area contributed by atoms with E-state index in [4.69, 9.17) is 5.73 Å². The molecule has 0 aliphatic rings. The van der Waals surface area contributed by atoms with Crippen LogP contribution in [0.1, 0.15) is 22.5 Å². The van der Waals surface area contributed by atoms with Crippen molar-refractivity contribution in [1.82, 2.24) is 9.97 Å². The molecule has 98 valence electrons. The molecule has 0 amide bonds. The Balaban J connectivity index is 2.62. The molecular weight excluding hydrogens is 252 g/mol. The molecule has 0 saturated heterocycles. The number of alkyl halides is 2. The second kappa shape index (κ2) is 4.72. The Labute approximate surface area is 108 Å². The van der Waals surface area contributed by atoms with Crippen LogP contribution in [0.4, 0.5) is 14.6 Å². The molecule has 0 unspecified atom stereocenters. The average molecular weight is 263 g/mol. The minimum atomic E-state index is -3.21. The number of halogens is 2. The van der Waals surface area contributed by atoms with E-state index < -0.39 is 18.0 Å². The zero-order valence-electron chi connectivity index (χ0n) is 9.94. The summed E-state index contributed by atoms with van der Waals surface area (Å²) in [5.41, 5.74) is 5.90. The maximum absolute atomic E-state index is 13.8. The molecule has 0 saturated carbocycles. The molecule has 0 radical (unpaired) electrons. The summed E-state index contributed by atoms with van der Waals surface area (Å²) >= 11 is 0. The van der Waals surface area contributed by atoms with Crippen LogP contribution in [0.3, 0.4) is 0 Å². The van der Waals surface area contributed by atoms with E-state index in [0.717, 1.165) is 6.08 Å². The second-order valence-corrected chi connectivity index (χ2v) is 4.02. The smallest absolute Gasteiger partial charge is 0.296 e. The van der Waals surface area contributed by atoms with Gasteiger partial charge in [0.2, 0.25) is 0 Å². The van der Waals surface area contributed by atoms with Gasteiger partial charge in [-0.1, -0.05) is 6.08 Å². The normalized spacial score (nSPS) is 11.5. The number of fused-ring (bicyclic) bond motifs is 1. The molecule has 0 fully saturated rings. The van der Waals surface area contributed by atoms with E-state index in [9.17, 15) is 13.6 Å². The molecule has 0 aliphatic carbocycles. The number of aromatic nitrogens is 2. The summed E-state index contributed by atoms with van der Waals surface area (Å²) < 4.78 is 27.6. The van der Waals surface area contributed by atoms with Crippen molar-refractivity contribution < 1.29 is 13.6 Å². The average Bonchev–Trinajstić information content (AvgIpc) is 2.36. The maximum atomic E-state index is 13.8. The SMILES string of the molecule is C=CCC(F)(F)c1nc2ccc(C=O)cc2nc1N. The van der Waals surface area contributed by atoms with Crippen LogP contribution in [0.2, 0.25) is 0 Å². The first-order valence-electron chi connectivity index (χ1n) is 5.49. The van der Waals surface area contributed by atoms with Crippen molar-refractivity contribution in [1.29, 1.82) is 0 Å². The number of anilines is 1.